The lowest BCUT2D eigenvalue weighted by molar-refractivity contribution is -0.129. The highest BCUT2D eigenvalue weighted by Gasteiger charge is 2.24. The van der Waals surface area contributed by atoms with Crippen LogP contribution in [0.3, 0.4) is 0 Å². The number of rotatable bonds is 7. The molecule has 0 spiro atoms. The molecule has 0 aliphatic rings. The standard InChI is InChI=1S/C13H26N2O2/c1-8(2)7-11(10(5)16)15-13(17)12(14-6)9(3)4/h8-9,11-12,14H,7H2,1-6H3,(H,15,17)/t11-,12-/m0/s1. The molecule has 2 N–H and O–H groups in total. The lowest BCUT2D eigenvalue weighted by atomic mass is 9.99. The Labute approximate surface area is 105 Å². The number of hydrogen-bond donors (Lipinski definition) is 2. The summed E-state index contributed by atoms with van der Waals surface area (Å²) in [7, 11) is 1.76. The third-order valence-electron chi connectivity index (χ3n) is 2.77. The summed E-state index contributed by atoms with van der Waals surface area (Å²) in [5.74, 6) is 0.511. The van der Waals surface area contributed by atoms with E-state index in [0.29, 0.717) is 12.3 Å². The van der Waals surface area contributed by atoms with Gasteiger partial charge in [-0.3, -0.25) is 9.59 Å². The Hall–Kier alpha value is -0.900. The summed E-state index contributed by atoms with van der Waals surface area (Å²) < 4.78 is 0. The van der Waals surface area contributed by atoms with E-state index in [1.54, 1.807) is 7.05 Å². The molecule has 0 saturated heterocycles. The summed E-state index contributed by atoms with van der Waals surface area (Å²) in [6, 6.07) is -0.610. The molecule has 17 heavy (non-hydrogen) atoms. The Morgan fingerprint density at radius 1 is 1.12 bits per heavy atom. The van der Waals surface area contributed by atoms with Crippen molar-refractivity contribution in [3.63, 3.8) is 0 Å². The van der Waals surface area contributed by atoms with E-state index in [4.69, 9.17) is 0 Å². The summed E-state index contributed by atoms with van der Waals surface area (Å²) in [5.41, 5.74) is 0. The maximum Gasteiger partial charge on any atom is 0.237 e. The summed E-state index contributed by atoms with van der Waals surface area (Å²) in [5, 5.41) is 5.80. The van der Waals surface area contributed by atoms with Crippen LogP contribution in [0.5, 0.6) is 0 Å². The van der Waals surface area contributed by atoms with Gasteiger partial charge < -0.3 is 10.6 Å². The van der Waals surface area contributed by atoms with E-state index in [9.17, 15) is 9.59 Å². The summed E-state index contributed by atoms with van der Waals surface area (Å²) in [6.07, 6.45) is 0.690. The number of nitrogens with one attached hydrogen (secondary N) is 2. The second-order valence-corrected chi connectivity index (χ2v) is 5.31. The first-order valence-corrected chi connectivity index (χ1v) is 6.27. The maximum absolute atomic E-state index is 12.0. The fourth-order valence-electron chi connectivity index (χ4n) is 1.83. The average molecular weight is 242 g/mol. The van der Waals surface area contributed by atoms with Gasteiger partial charge in [0, 0.05) is 0 Å². The van der Waals surface area contributed by atoms with Crippen LogP contribution in [0.25, 0.3) is 0 Å². The molecule has 0 aromatic heterocycles. The number of Topliss-reactive ketones (excluding diaryl/α,β-unsaturated/α-hetero) is 1. The zero-order valence-electron chi connectivity index (χ0n) is 11.8. The van der Waals surface area contributed by atoms with Gasteiger partial charge in [0.05, 0.1) is 12.1 Å². The molecule has 0 unspecified atom stereocenters. The van der Waals surface area contributed by atoms with Crippen molar-refractivity contribution in [1.82, 2.24) is 10.6 Å². The van der Waals surface area contributed by atoms with Crippen molar-refractivity contribution in [2.24, 2.45) is 11.8 Å². The van der Waals surface area contributed by atoms with Gasteiger partial charge in [0.1, 0.15) is 0 Å². The number of hydrogen-bond acceptors (Lipinski definition) is 3. The Bertz CT molecular complexity index is 262. The molecule has 0 heterocycles. The van der Waals surface area contributed by atoms with Crippen LogP contribution in [0.1, 0.15) is 41.0 Å². The van der Waals surface area contributed by atoms with Gasteiger partial charge in [-0.15, -0.1) is 0 Å². The predicted molar refractivity (Wildman–Crippen MR) is 69.8 cm³/mol. The van der Waals surface area contributed by atoms with Crippen molar-refractivity contribution >= 4 is 11.7 Å². The smallest absolute Gasteiger partial charge is 0.237 e. The van der Waals surface area contributed by atoms with Crippen LogP contribution in [0.2, 0.25) is 0 Å². The van der Waals surface area contributed by atoms with Crippen LogP contribution in [0.4, 0.5) is 0 Å². The summed E-state index contributed by atoms with van der Waals surface area (Å²) in [6.45, 7) is 9.56. The molecule has 0 aliphatic heterocycles. The molecule has 0 aromatic rings. The molecule has 0 rings (SSSR count). The van der Waals surface area contributed by atoms with Gasteiger partial charge >= 0.3 is 0 Å². The monoisotopic (exact) mass is 242 g/mol. The van der Waals surface area contributed by atoms with E-state index in [1.807, 2.05) is 27.7 Å². The molecule has 2 atom stereocenters. The third-order valence-corrected chi connectivity index (χ3v) is 2.77. The predicted octanol–water partition coefficient (Wildman–Crippen LogP) is 1.35. The molecule has 100 valence electrons. The van der Waals surface area contributed by atoms with E-state index in [0.717, 1.165) is 0 Å². The number of likely N-dealkylation sites (N-methyl/N-ethyl adjacent to an activating group) is 1. The Morgan fingerprint density at radius 2 is 1.65 bits per heavy atom. The van der Waals surface area contributed by atoms with E-state index >= 15 is 0 Å². The van der Waals surface area contributed by atoms with Crippen LogP contribution in [0, 0.1) is 11.8 Å². The molecule has 1 amide bonds. The molecule has 0 saturated carbocycles. The van der Waals surface area contributed by atoms with E-state index in [1.165, 1.54) is 6.92 Å². The topological polar surface area (TPSA) is 58.2 Å². The minimum absolute atomic E-state index is 0.0191. The lowest BCUT2D eigenvalue weighted by Crippen LogP contribution is -2.51. The van der Waals surface area contributed by atoms with E-state index < -0.39 is 0 Å². The van der Waals surface area contributed by atoms with E-state index in [2.05, 4.69) is 10.6 Å². The van der Waals surface area contributed by atoms with Crippen molar-refractivity contribution in [2.75, 3.05) is 7.05 Å². The largest absolute Gasteiger partial charge is 0.345 e. The van der Waals surface area contributed by atoms with Gasteiger partial charge in [0.25, 0.3) is 0 Å². The minimum Gasteiger partial charge on any atom is -0.345 e. The van der Waals surface area contributed by atoms with Crippen molar-refractivity contribution in [3.8, 4) is 0 Å². The van der Waals surface area contributed by atoms with Crippen molar-refractivity contribution in [2.45, 2.75) is 53.1 Å². The average Bonchev–Trinajstić information content (AvgIpc) is 2.15. The molecule has 0 fully saturated rings. The zero-order chi connectivity index (χ0) is 13.6. The van der Waals surface area contributed by atoms with E-state index in [-0.39, 0.29) is 29.7 Å². The second-order valence-electron chi connectivity index (χ2n) is 5.31. The molecule has 4 nitrogen and oxygen atoms in total. The van der Waals surface area contributed by atoms with Gasteiger partial charge in [-0.25, -0.2) is 0 Å². The highest BCUT2D eigenvalue weighted by atomic mass is 16.2. The van der Waals surface area contributed by atoms with Gasteiger partial charge in [-0.1, -0.05) is 27.7 Å². The zero-order valence-corrected chi connectivity index (χ0v) is 11.8. The third kappa shape index (κ3) is 5.82. The fourth-order valence-corrected chi connectivity index (χ4v) is 1.83. The number of amides is 1. The molecular formula is C13H26N2O2. The Balaban J connectivity index is 4.54. The first-order valence-electron chi connectivity index (χ1n) is 6.27. The Kier molecular flexibility index (Phi) is 7.04. The van der Waals surface area contributed by atoms with Crippen LogP contribution >= 0.6 is 0 Å². The van der Waals surface area contributed by atoms with Crippen LogP contribution in [-0.2, 0) is 9.59 Å². The summed E-state index contributed by atoms with van der Waals surface area (Å²) in [4.78, 5) is 23.4. The quantitative estimate of drug-likeness (QED) is 0.708. The maximum atomic E-state index is 12.0. The van der Waals surface area contributed by atoms with Gasteiger partial charge in [-0.05, 0) is 32.2 Å². The number of ketones is 1. The highest BCUT2D eigenvalue weighted by Crippen LogP contribution is 2.07. The van der Waals surface area contributed by atoms with Crippen molar-refractivity contribution < 1.29 is 9.59 Å². The normalized spacial score (nSPS) is 14.8. The highest BCUT2D eigenvalue weighted by molar-refractivity contribution is 5.89. The lowest BCUT2D eigenvalue weighted by Gasteiger charge is -2.24. The van der Waals surface area contributed by atoms with Crippen LogP contribution in [-0.4, -0.2) is 30.8 Å². The Morgan fingerprint density at radius 3 is 1.94 bits per heavy atom. The van der Waals surface area contributed by atoms with Crippen LogP contribution < -0.4 is 10.6 Å². The molecule has 0 aliphatic carbocycles. The first-order chi connectivity index (χ1) is 7.79. The number of carbonyl (C=O) groups excluding carboxylic acids is 2. The SMILES string of the molecule is CN[C@H](C(=O)N[C@@H](CC(C)C)C(C)=O)C(C)C. The fraction of sp³-hybridized carbons (Fsp3) is 0.846. The van der Waals surface area contributed by atoms with Crippen molar-refractivity contribution in [1.29, 1.82) is 0 Å². The molecule has 4 heteroatoms. The van der Waals surface area contributed by atoms with Crippen molar-refractivity contribution in [3.05, 3.63) is 0 Å². The minimum atomic E-state index is -0.364. The molecule has 0 bridgehead atoms. The van der Waals surface area contributed by atoms with Gasteiger partial charge in [0.15, 0.2) is 5.78 Å². The second kappa shape index (κ2) is 7.43. The van der Waals surface area contributed by atoms with Crippen LogP contribution in [0.15, 0.2) is 0 Å². The molecule has 0 aromatic carbocycles. The van der Waals surface area contributed by atoms with Gasteiger partial charge in [0.2, 0.25) is 5.91 Å². The summed E-state index contributed by atoms with van der Waals surface area (Å²) >= 11 is 0. The van der Waals surface area contributed by atoms with Gasteiger partial charge in [-0.2, -0.15) is 0 Å². The molecule has 0 radical (unpaired) electrons. The first kappa shape index (κ1) is 16.1. The number of carbonyl (C=O) groups is 2. The molecular weight excluding hydrogens is 216 g/mol.